The number of nitriles is 1. The van der Waals surface area contributed by atoms with Gasteiger partial charge >= 0.3 is 6.03 Å². The highest BCUT2D eigenvalue weighted by Crippen LogP contribution is 2.50. The molecule has 4 aliphatic rings. The third-order valence-electron chi connectivity index (χ3n) is 10.6. The Morgan fingerprint density at radius 3 is 2.25 bits per heavy atom. The zero-order chi connectivity index (χ0) is 37.3. The molecule has 5 heterocycles. The number of methoxy groups -OCH3 is 2. The molecule has 3 fully saturated rings. The first-order valence-electron chi connectivity index (χ1n) is 17.7. The van der Waals surface area contributed by atoms with E-state index in [1.807, 2.05) is 0 Å². The molecule has 0 saturated carbocycles. The van der Waals surface area contributed by atoms with Gasteiger partial charge in [-0.25, -0.2) is 9.78 Å². The smallest absolute Gasteiger partial charge is 0.318 e. The van der Waals surface area contributed by atoms with Gasteiger partial charge in [-0.3, -0.25) is 14.6 Å². The molecule has 3 amide bonds. The van der Waals surface area contributed by atoms with Crippen molar-refractivity contribution in [3.8, 4) is 23.3 Å². The number of sulfonamides is 1. The first-order valence-corrected chi connectivity index (χ1v) is 19.2. The summed E-state index contributed by atoms with van der Waals surface area (Å²) >= 11 is 0. The molecule has 53 heavy (non-hydrogen) atoms. The molecule has 3 saturated heterocycles. The number of anilines is 1. The fourth-order valence-electron chi connectivity index (χ4n) is 7.67. The van der Waals surface area contributed by atoms with E-state index in [1.165, 1.54) is 50.7 Å². The van der Waals surface area contributed by atoms with Crippen LogP contribution in [-0.4, -0.2) is 125 Å². The number of carbonyl (C=O) groups excluding carboxylic acids is 2. The summed E-state index contributed by atoms with van der Waals surface area (Å²) < 4.78 is 51.6. The lowest BCUT2D eigenvalue weighted by Crippen LogP contribution is -2.61. The molecule has 16 heteroatoms. The maximum atomic E-state index is 15.2. The van der Waals surface area contributed by atoms with Crippen LogP contribution < -0.4 is 23.8 Å². The van der Waals surface area contributed by atoms with Gasteiger partial charge in [0.1, 0.15) is 17.2 Å². The number of benzene rings is 2. The summed E-state index contributed by atoms with van der Waals surface area (Å²) in [5, 5.41) is 12.6. The number of hydrogen-bond donors (Lipinski definition) is 1. The molecule has 7 rings (SSSR count). The van der Waals surface area contributed by atoms with Crippen LogP contribution in [0.25, 0.3) is 0 Å². The van der Waals surface area contributed by atoms with Gasteiger partial charge in [0.05, 0.1) is 63.6 Å². The van der Waals surface area contributed by atoms with Gasteiger partial charge in [0.15, 0.2) is 10.6 Å². The molecule has 1 aromatic heterocycles. The number of aromatic nitrogens is 1. The number of nitrogens with zero attached hydrogens (tertiary/aromatic N) is 6. The van der Waals surface area contributed by atoms with Crippen molar-refractivity contribution < 1.29 is 37.0 Å². The van der Waals surface area contributed by atoms with Crippen molar-refractivity contribution in [3.63, 3.8) is 0 Å². The number of likely N-dealkylation sites (tertiary alicyclic amines) is 1. The van der Waals surface area contributed by atoms with E-state index < -0.39 is 32.5 Å². The summed E-state index contributed by atoms with van der Waals surface area (Å²) in [7, 11) is -1.79. The number of nitrogens with one attached hydrogen (secondary N) is 1. The van der Waals surface area contributed by atoms with E-state index in [0.717, 1.165) is 39.1 Å². The van der Waals surface area contributed by atoms with Crippen LogP contribution in [0.4, 0.5) is 10.5 Å². The molecule has 0 aliphatic carbocycles. The second-order valence-electron chi connectivity index (χ2n) is 13.4. The number of amides is 3. The quantitative estimate of drug-likeness (QED) is 0.323. The van der Waals surface area contributed by atoms with Gasteiger partial charge in [-0.15, -0.1) is 0 Å². The highest BCUT2D eigenvalue weighted by Gasteiger charge is 2.59. The van der Waals surface area contributed by atoms with Crippen molar-refractivity contribution >= 4 is 27.6 Å². The van der Waals surface area contributed by atoms with Crippen LogP contribution >= 0.6 is 0 Å². The molecular formula is C37H43N7O8S. The summed E-state index contributed by atoms with van der Waals surface area (Å²) in [6, 6.07) is 14.2. The molecule has 280 valence electrons. The highest BCUT2D eigenvalue weighted by atomic mass is 32.2. The first kappa shape index (κ1) is 36.4. The fraction of sp³-hybridized carbons (Fsp3) is 0.459. The van der Waals surface area contributed by atoms with Gasteiger partial charge in [-0.05, 0) is 68.3 Å². The molecule has 1 atom stereocenters. The minimum absolute atomic E-state index is 0.0400. The number of rotatable bonds is 10. The van der Waals surface area contributed by atoms with Crippen LogP contribution in [0.2, 0.25) is 0 Å². The Morgan fingerprint density at radius 2 is 1.64 bits per heavy atom. The third kappa shape index (κ3) is 6.52. The fourth-order valence-corrected chi connectivity index (χ4v) is 9.06. The molecule has 0 radical (unpaired) electrons. The average molecular weight is 746 g/mol. The SMILES string of the molecule is CCOc1ccc(OC)cc1[C@]1(NC(=O)N2CCN(C3CCN(C4COC4)CC3)CC2)C(=O)N(S(=O)(=O)c2ccc(OC)cn2)c2ccc(C#N)cc21. The molecule has 15 nitrogen and oxygen atoms in total. The van der Waals surface area contributed by atoms with Crippen molar-refractivity contribution in [2.45, 2.75) is 42.4 Å². The van der Waals surface area contributed by atoms with Crippen LogP contribution in [0.3, 0.4) is 0 Å². The van der Waals surface area contributed by atoms with Crippen molar-refractivity contribution in [2.24, 2.45) is 0 Å². The van der Waals surface area contributed by atoms with Crippen molar-refractivity contribution in [1.82, 2.24) is 25.0 Å². The van der Waals surface area contributed by atoms with Gasteiger partial charge in [0.25, 0.3) is 15.9 Å². The van der Waals surface area contributed by atoms with Gasteiger partial charge in [-0.2, -0.15) is 18.0 Å². The monoisotopic (exact) mass is 745 g/mol. The van der Waals surface area contributed by atoms with E-state index in [-0.39, 0.29) is 34.7 Å². The summed E-state index contributed by atoms with van der Waals surface area (Å²) in [6.07, 6.45) is 3.33. The minimum atomic E-state index is -4.67. The van der Waals surface area contributed by atoms with Crippen molar-refractivity contribution in [2.75, 3.05) is 77.6 Å². The van der Waals surface area contributed by atoms with Gasteiger partial charge in [0, 0.05) is 56.4 Å². The molecule has 0 unspecified atom stereocenters. The molecule has 0 spiro atoms. The number of hydrogen-bond acceptors (Lipinski definition) is 12. The van der Waals surface area contributed by atoms with E-state index in [1.54, 1.807) is 30.0 Å². The number of ether oxygens (including phenoxy) is 4. The zero-order valence-corrected chi connectivity index (χ0v) is 30.8. The summed E-state index contributed by atoms with van der Waals surface area (Å²) in [4.78, 5) is 40.4. The van der Waals surface area contributed by atoms with Crippen LogP contribution in [0.5, 0.6) is 17.2 Å². The maximum Gasteiger partial charge on any atom is 0.318 e. The highest BCUT2D eigenvalue weighted by molar-refractivity contribution is 7.93. The molecular weight excluding hydrogens is 703 g/mol. The largest absolute Gasteiger partial charge is 0.497 e. The number of piperidine rings is 1. The van der Waals surface area contributed by atoms with E-state index in [4.69, 9.17) is 18.9 Å². The summed E-state index contributed by atoms with van der Waals surface area (Å²) in [5.41, 5.74) is -1.81. The number of fused-ring (bicyclic) bond motifs is 1. The lowest BCUT2D eigenvalue weighted by atomic mass is 9.82. The Hall–Kier alpha value is -4.95. The Morgan fingerprint density at radius 1 is 0.943 bits per heavy atom. The van der Waals surface area contributed by atoms with E-state index in [2.05, 4.69) is 26.2 Å². The van der Waals surface area contributed by atoms with E-state index >= 15 is 4.79 Å². The number of urea groups is 1. The van der Waals surface area contributed by atoms with Crippen molar-refractivity contribution in [3.05, 3.63) is 71.4 Å². The Kier molecular flexibility index (Phi) is 10.2. The number of piperazine rings is 1. The Balaban J connectivity index is 1.26. The second-order valence-corrected chi connectivity index (χ2v) is 15.1. The predicted molar refractivity (Wildman–Crippen MR) is 192 cm³/mol. The molecule has 1 N–H and O–H groups in total. The van der Waals surface area contributed by atoms with Crippen LogP contribution in [0.15, 0.2) is 59.8 Å². The van der Waals surface area contributed by atoms with E-state index in [0.29, 0.717) is 54.1 Å². The Labute approximate surface area is 309 Å². The molecule has 3 aromatic rings. The third-order valence-corrected chi connectivity index (χ3v) is 12.3. The van der Waals surface area contributed by atoms with Crippen LogP contribution in [0, 0.1) is 11.3 Å². The van der Waals surface area contributed by atoms with Gasteiger partial charge < -0.3 is 29.2 Å². The molecule has 2 aromatic carbocycles. The van der Waals surface area contributed by atoms with Crippen molar-refractivity contribution in [1.29, 1.82) is 5.26 Å². The zero-order valence-electron chi connectivity index (χ0n) is 30.0. The van der Waals surface area contributed by atoms with Gasteiger partial charge in [-0.1, -0.05) is 0 Å². The van der Waals surface area contributed by atoms with Crippen LogP contribution in [0.1, 0.15) is 36.5 Å². The number of carbonyl (C=O) groups is 2. The maximum absolute atomic E-state index is 15.2. The normalized spacial score (nSPS) is 21.4. The number of pyridine rings is 1. The Bertz CT molecular complexity index is 2000. The predicted octanol–water partition coefficient (Wildman–Crippen LogP) is 2.54. The molecule has 4 aliphatic heterocycles. The van der Waals surface area contributed by atoms with Crippen LogP contribution in [-0.2, 0) is 25.1 Å². The topological polar surface area (TPSA) is 167 Å². The van der Waals surface area contributed by atoms with E-state index in [9.17, 15) is 18.5 Å². The summed E-state index contributed by atoms with van der Waals surface area (Å²) in [6.45, 7) is 7.69. The first-order chi connectivity index (χ1) is 25.6. The summed E-state index contributed by atoms with van der Waals surface area (Å²) in [5.74, 6) is -0.110. The lowest BCUT2D eigenvalue weighted by molar-refractivity contribution is -0.121. The van der Waals surface area contributed by atoms with Gasteiger partial charge in [0.2, 0.25) is 0 Å². The molecule has 0 bridgehead atoms. The average Bonchev–Trinajstić information content (AvgIpc) is 3.42. The second kappa shape index (κ2) is 14.8. The minimum Gasteiger partial charge on any atom is -0.497 e. The standard InChI is InChI=1S/C37H43N7O8S/c1-4-52-33-9-6-28(49-2)20-31(33)37(40-36(46)43-17-15-42(16-18-43)26-11-13-41(14-12-26)27-23-51-24-27)30-19-25(21-38)5-8-32(30)44(35(37)45)53(47,48)34-10-7-29(50-3)22-39-34/h5-10,19-20,22,26-27H,4,11-18,23-24H2,1-3H3,(H,40,46)/t37-/m0/s1. The lowest BCUT2D eigenvalue weighted by Gasteiger charge is -2.46.